The number of carboxylic acid groups (broad SMARTS) is 1. The molecule has 0 fully saturated rings. The van der Waals surface area contributed by atoms with Crippen LogP contribution in [0.4, 0.5) is 0 Å². The lowest BCUT2D eigenvalue weighted by atomic mass is 9.88. The Kier molecular flexibility index (Phi) is 3.26. The number of rotatable bonds is 2. The Labute approximate surface area is 101 Å². The van der Waals surface area contributed by atoms with Crippen molar-refractivity contribution in [1.82, 2.24) is 0 Å². The van der Waals surface area contributed by atoms with Gasteiger partial charge in [-0.25, -0.2) is 4.79 Å². The van der Waals surface area contributed by atoms with Crippen molar-refractivity contribution >= 4 is 38.8 Å². The van der Waals surface area contributed by atoms with Gasteiger partial charge in [0, 0.05) is 21.0 Å². The van der Waals surface area contributed by atoms with Crippen molar-refractivity contribution in [3.8, 4) is 0 Å². The zero-order chi connectivity index (χ0) is 10.8. The van der Waals surface area contributed by atoms with E-state index >= 15 is 0 Å². The van der Waals surface area contributed by atoms with E-state index in [1.54, 1.807) is 11.3 Å². The second-order valence-electron chi connectivity index (χ2n) is 3.60. The molecule has 15 heavy (non-hydrogen) atoms. The van der Waals surface area contributed by atoms with Gasteiger partial charge in [0.05, 0.1) is 0 Å². The van der Waals surface area contributed by atoms with Crippen molar-refractivity contribution in [2.24, 2.45) is 0 Å². The normalized spacial score (nSPS) is 16.9. The first-order valence-corrected chi connectivity index (χ1v) is 6.61. The van der Waals surface area contributed by atoms with Crippen molar-refractivity contribution in [3.05, 3.63) is 26.4 Å². The highest BCUT2D eigenvalue weighted by Gasteiger charge is 2.21. The third kappa shape index (κ3) is 2.16. The molecule has 0 amide bonds. The Balaban J connectivity index is 2.48. The van der Waals surface area contributed by atoms with Gasteiger partial charge in [-0.3, -0.25) is 0 Å². The first-order valence-electron chi connectivity index (χ1n) is 4.87. The van der Waals surface area contributed by atoms with Gasteiger partial charge in [-0.1, -0.05) is 0 Å². The maximum absolute atomic E-state index is 11.1. The van der Waals surface area contributed by atoms with Gasteiger partial charge in [-0.05, 0) is 52.6 Å². The fourth-order valence-corrected chi connectivity index (χ4v) is 3.48. The quantitative estimate of drug-likeness (QED) is 0.895. The second-order valence-corrected chi connectivity index (χ2v) is 5.20. The summed E-state index contributed by atoms with van der Waals surface area (Å²) in [5.74, 6) is -0.761. The molecule has 0 saturated heterocycles. The van der Waals surface area contributed by atoms with Crippen LogP contribution >= 0.6 is 27.3 Å². The van der Waals surface area contributed by atoms with Crippen LogP contribution in [0.25, 0.3) is 5.57 Å². The zero-order valence-corrected chi connectivity index (χ0v) is 10.5. The average molecular weight is 287 g/mol. The highest BCUT2D eigenvalue weighted by molar-refractivity contribution is 9.10. The summed E-state index contributed by atoms with van der Waals surface area (Å²) in [7, 11) is 0. The minimum Gasteiger partial charge on any atom is -0.478 e. The van der Waals surface area contributed by atoms with Crippen molar-refractivity contribution in [3.63, 3.8) is 0 Å². The molecule has 1 aromatic heterocycles. The molecule has 0 aliphatic heterocycles. The van der Waals surface area contributed by atoms with Crippen molar-refractivity contribution < 1.29 is 9.90 Å². The molecule has 0 atom stereocenters. The van der Waals surface area contributed by atoms with E-state index in [4.69, 9.17) is 5.11 Å². The molecule has 1 aliphatic rings. The summed E-state index contributed by atoms with van der Waals surface area (Å²) >= 11 is 5.06. The molecule has 4 heteroatoms. The van der Waals surface area contributed by atoms with Crippen LogP contribution in [-0.4, -0.2) is 11.1 Å². The summed E-state index contributed by atoms with van der Waals surface area (Å²) < 4.78 is 1.02. The van der Waals surface area contributed by atoms with Gasteiger partial charge in [0.1, 0.15) is 0 Å². The van der Waals surface area contributed by atoms with E-state index in [-0.39, 0.29) is 0 Å². The summed E-state index contributed by atoms with van der Waals surface area (Å²) in [5.41, 5.74) is 2.68. The minimum absolute atomic E-state index is 0.598. The van der Waals surface area contributed by atoms with Gasteiger partial charge in [0.25, 0.3) is 0 Å². The minimum atomic E-state index is -0.761. The summed E-state index contributed by atoms with van der Waals surface area (Å²) in [6, 6.07) is 0. The lowest BCUT2D eigenvalue weighted by Gasteiger charge is -2.17. The molecule has 0 unspecified atom stereocenters. The van der Waals surface area contributed by atoms with Crippen LogP contribution in [0.5, 0.6) is 0 Å². The molecule has 1 N–H and O–H groups in total. The number of carboxylic acids is 1. The Bertz CT molecular complexity index is 420. The fraction of sp³-hybridized carbons (Fsp3) is 0.364. The van der Waals surface area contributed by atoms with Gasteiger partial charge in [0.2, 0.25) is 0 Å². The second kappa shape index (κ2) is 4.49. The Morgan fingerprint density at radius 1 is 1.33 bits per heavy atom. The van der Waals surface area contributed by atoms with Crippen LogP contribution < -0.4 is 0 Å². The van der Waals surface area contributed by atoms with E-state index < -0.39 is 5.97 Å². The summed E-state index contributed by atoms with van der Waals surface area (Å²) in [5, 5.41) is 13.1. The highest BCUT2D eigenvalue weighted by Crippen LogP contribution is 2.37. The van der Waals surface area contributed by atoms with Crippen LogP contribution in [0, 0.1) is 0 Å². The fourth-order valence-electron chi connectivity index (χ4n) is 1.94. The molecule has 1 aromatic rings. The lowest BCUT2D eigenvalue weighted by molar-refractivity contribution is -0.132. The predicted molar refractivity (Wildman–Crippen MR) is 65.0 cm³/mol. The van der Waals surface area contributed by atoms with Gasteiger partial charge < -0.3 is 5.11 Å². The van der Waals surface area contributed by atoms with Gasteiger partial charge in [-0.2, -0.15) is 11.3 Å². The predicted octanol–water partition coefficient (Wildman–Crippen LogP) is 3.92. The van der Waals surface area contributed by atoms with Crippen LogP contribution in [0.2, 0.25) is 0 Å². The number of hydrogen-bond acceptors (Lipinski definition) is 2. The molecule has 0 radical (unpaired) electrons. The molecule has 0 aromatic carbocycles. The number of hydrogen-bond donors (Lipinski definition) is 1. The summed E-state index contributed by atoms with van der Waals surface area (Å²) in [6.07, 6.45) is 3.67. The smallest absolute Gasteiger partial charge is 0.331 e. The third-order valence-electron chi connectivity index (χ3n) is 2.67. The number of allylic oxidation sites excluding steroid dienone is 1. The molecule has 2 rings (SSSR count). The zero-order valence-electron chi connectivity index (χ0n) is 8.12. The van der Waals surface area contributed by atoms with E-state index in [0.29, 0.717) is 12.0 Å². The van der Waals surface area contributed by atoms with Crippen LogP contribution in [0.3, 0.4) is 0 Å². The topological polar surface area (TPSA) is 37.3 Å². The maximum Gasteiger partial charge on any atom is 0.331 e. The SMILES string of the molecule is O=C(O)C1=C(c2cscc2Br)CCCC1. The van der Waals surface area contributed by atoms with E-state index in [0.717, 1.165) is 34.9 Å². The summed E-state index contributed by atoms with van der Waals surface area (Å²) in [6.45, 7) is 0. The van der Waals surface area contributed by atoms with E-state index in [2.05, 4.69) is 15.9 Å². The Morgan fingerprint density at radius 2 is 2.07 bits per heavy atom. The molecular weight excluding hydrogens is 276 g/mol. The molecule has 2 nitrogen and oxygen atoms in total. The van der Waals surface area contributed by atoms with Crippen molar-refractivity contribution in [2.45, 2.75) is 25.7 Å². The molecule has 0 bridgehead atoms. The highest BCUT2D eigenvalue weighted by atomic mass is 79.9. The number of carbonyl (C=O) groups is 1. The Hall–Kier alpha value is -0.610. The van der Waals surface area contributed by atoms with Gasteiger partial charge >= 0.3 is 5.97 Å². The van der Waals surface area contributed by atoms with E-state index in [1.165, 1.54) is 0 Å². The van der Waals surface area contributed by atoms with Gasteiger partial charge in [0.15, 0.2) is 0 Å². The Morgan fingerprint density at radius 3 is 2.67 bits per heavy atom. The molecule has 1 heterocycles. The average Bonchev–Trinajstić information content (AvgIpc) is 2.64. The summed E-state index contributed by atoms with van der Waals surface area (Å²) in [4.78, 5) is 11.1. The van der Waals surface area contributed by atoms with Crippen molar-refractivity contribution in [2.75, 3.05) is 0 Å². The molecule has 1 aliphatic carbocycles. The molecule has 0 spiro atoms. The van der Waals surface area contributed by atoms with Crippen LogP contribution in [-0.2, 0) is 4.79 Å². The third-order valence-corrected chi connectivity index (χ3v) is 4.37. The van der Waals surface area contributed by atoms with Crippen LogP contribution in [0.1, 0.15) is 31.2 Å². The lowest BCUT2D eigenvalue weighted by Crippen LogP contribution is -2.08. The molecular formula is C11H11BrO2S. The van der Waals surface area contributed by atoms with Crippen molar-refractivity contribution in [1.29, 1.82) is 0 Å². The largest absolute Gasteiger partial charge is 0.478 e. The standard InChI is InChI=1S/C11H11BrO2S/c12-10-6-15-5-9(10)7-3-1-2-4-8(7)11(13)14/h5-6H,1-4H2,(H,13,14). The number of thiophene rings is 1. The van der Waals surface area contributed by atoms with E-state index in [1.807, 2.05) is 10.8 Å². The monoisotopic (exact) mass is 286 g/mol. The van der Waals surface area contributed by atoms with Gasteiger partial charge in [-0.15, -0.1) is 0 Å². The number of aliphatic carboxylic acids is 1. The first kappa shape index (κ1) is 10.9. The molecule has 0 saturated carbocycles. The van der Waals surface area contributed by atoms with Crippen LogP contribution in [0.15, 0.2) is 20.8 Å². The number of halogens is 1. The maximum atomic E-state index is 11.1. The first-order chi connectivity index (χ1) is 7.20. The van der Waals surface area contributed by atoms with E-state index in [9.17, 15) is 4.79 Å². The molecule has 80 valence electrons.